The lowest BCUT2D eigenvalue weighted by atomic mass is 10.00. The zero-order valence-electron chi connectivity index (χ0n) is 19.0. The molecule has 0 radical (unpaired) electrons. The van der Waals surface area contributed by atoms with Crippen LogP contribution in [0.25, 0.3) is 5.70 Å². The van der Waals surface area contributed by atoms with E-state index in [0.29, 0.717) is 17.2 Å². The minimum atomic E-state index is -0.425. The lowest BCUT2D eigenvalue weighted by Gasteiger charge is -2.39. The Balaban J connectivity index is 1.59. The number of nitrogens with one attached hydrogen (secondary N) is 1. The Kier molecular flexibility index (Phi) is 5.48. The predicted octanol–water partition coefficient (Wildman–Crippen LogP) is 4.71. The van der Waals surface area contributed by atoms with E-state index in [1.165, 1.54) is 0 Å². The Morgan fingerprint density at radius 1 is 0.788 bits per heavy atom. The molecule has 3 aromatic carbocycles. The van der Waals surface area contributed by atoms with E-state index in [4.69, 9.17) is 23.7 Å². The van der Waals surface area contributed by atoms with Crippen LogP contribution in [0.4, 0.5) is 0 Å². The molecule has 7 nitrogen and oxygen atoms in total. The van der Waals surface area contributed by atoms with Crippen molar-refractivity contribution in [2.24, 2.45) is 0 Å². The summed E-state index contributed by atoms with van der Waals surface area (Å²) in [5.74, 6) is 3.55. The quantitative estimate of drug-likeness (QED) is 0.588. The summed E-state index contributed by atoms with van der Waals surface area (Å²) in [6.07, 6.45) is 1.78. The minimum Gasteiger partial charge on any atom is -0.497 e. The maximum Gasteiger partial charge on any atom is 0.196 e. The molecule has 2 atom stereocenters. The Labute approximate surface area is 193 Å². The van der Waals surface area contributed by atoms with Gasteiger partial charge in [-0.1, -0.05) is 12.1 Å². The van der Waals surface area contributed by atoms with Gasteiger partial charge in [-0.25, -0.2) is 0 Å². The van der Waals surface area contributed by atoms with E-state index in [9.17, 15) is 0 Å². The number of benzene rings is 3. The number of fused-ring (bicyclic) bond motifs is 3. The van der Waals surface area contributed by atoms with Crippen molar-refractivity contribution in [3.05, 3.63) is 83.4 Å². The SMILES string of the molecule is COc1ccc(C2=CC3c4cccc(OC)c4OC(c4ccc(OC)c(OC)c4)N3N2)cc1. The molecule has 2 aliphatic heterocycles. The fraction of sp³-hybridized carbons (Fsp3) is 0.231. The molecule has 0 bridgehead atoms. The van der Waals surface area contributed by atoms with Crippen LogP contribution in [-0.2, 0) is 0 Å². The highest BCUT2D eigenvalue weighted by molar-refractivity contribution is 5.68. The topological polar surface area (TPSA) is 61.4 Å². The van der Waals surface area contributed by atoms with Crippen molar-refractivity contribution < 1.29 is 23.7 Å². The first-order valence-electron chi connectivity index (χ1n) is 10.6. The van der Waals surface area contributed by atoms with E-state index in [1.54, 1.807) is 28.4 Å². The summed E-state index contributed by atoms with van der Waals surface area (Å²) in [6.45, 7) is 0. The molecule has 170 valence electrons. The number of para-hydroxylation sites is 1. The highest BCUT2D eigenvalue weighted by Crippen LogP contribution is 2.50. The van der Waals surface area contributed by atoms with Crippen LogP contribution < -0.4 is 29.1 Å². The van der Waals surface area contributed by atoms with Crippen LogP contribution in [0.1, 0.15) is 29.0 Å². The molecule has 0 aromatic heterocycles. The van der Waals surface area contributed by atoms with Crippen LogP contribution in [0.15, 0.2) is 66.7 Å². The fourth-order valence-corrected chi connectivity index (χ4v) is 4.32. The second-order valence-electron chi connectivity index (χ2n) is 7.74. The van der Waals surface area contributed by atoms with Crippen molar-refractivity contribution in [1.29, 1.82) is 0 Å². The number of ether oxygens (including phenoxy) is 5. The first-order chi connectivity index (χ1) is 16.2. The summed E-state index contributed by atoms with van der Waals surface area (Å²) < 4.78 is 28.4. The summed E-state index contributed by atoms with van der Waals surface area (Å²) in [6, 6.07) is 19.7. The molecule has 33 heavy (non-hydrogen) atoms. The van der Waals surface area contributed by atoms with E-state index in [1.807, 2.05) is 54.6 Å². The molecule has 2 unspecified atom stereocenters. The van der Waals surface area contributed by atoms with Gasteiger partial charge >= 0.3 is 0 Å². The van der Waals surface area contributed by atoms with E-state index in [2.05, 4.69) is 22.6 Å². The maximum atomic E-state index is 6.54. The molecule has 0 saturated heterocycles. The molecule has 0 spiro atoms. The fourth-order valence-electron chi connectivity index (χ4n) is 4.32. The van der Waals surface area contributed by atoms with Gasteiger partial charge in [0.05, 0.1) is 40.2 Å². The number of nitrogens with zero attached hydrogens (tertiary/aromatic N) is 1. The van der Waals surface area contributed by atoms with Gasteiger partial charge in [-0.15, -0.1) is 0 Å². The van der Waals surface area contributed by atoms with Crippen LogP contribution in [0.5, 0.6) is 28.7 Å². The molecule has 3 aromatic rings. The Bertz CT molecular complexity index is 1190. The van der Waals surface area contributed by atoms with Crippen LogP contribution >= 0.6 is 0 Å². The van der Waals surface area contributed by atoms with Gasteiger partial charge in [0, 0.05) is 11.1 Å². The number of hydrogen-bond donors (Lipinski definition) is 1. The summed E-state index contributed by atoms with van der Waals surface area (Å²) in [5, 5.41) is 2.10. The van der Waals surface area contributed by atoms with Crippen LogP contribution in [0.3, 0.4) is 0 Å². The Hall–Kier alpha value is -3.84. The van der Waals surface area contributed by atoms with E-state index in [0.717, 1.165) is 33.9 Å². The number of hydrazine groups is 1. The molecule has 2 aliphatic rings. The molecule has 0 aliphatic carbocycles. The van der Waals surface area contributed by atoms with Gasteiger partial charge in [-0.05, 0) is 60.2 Å². The van der Waals surface area contributed by atoms with Crippen LogP contribution in [-0.4, -0.2) is 33.4 Å². The molecule has 5 rings (SSSR count). The van der Waals surface area contributed by atoms with Gasteiger partial charge in [0.25, 0.3) is 0 Å². The van der Waals surface area contributed by atoms with Crippen molar-refractivity contribution in [3.8, 4) is 28.7 Å². The standard InChI is InChI=1S/C26H26N2O5/c1-29-18-11-8-16(9-12-18)20-15-21-19-6-5-7-23(31-3)25(19)33-26(28(21)27-20)17-10-13-22(30-2)24(14-17)32-4/h5-15,21,26-27H,1-4H3. The van der Waals surface area contributed by atoms with E-state index >= 15 is 0 Å². The van der Waals surface area contributed by atoms with Gasteiger partial charge in [0.1, 0.15) is 5.75 Å². The summed E-state index contributed by atoms with van der Waals surface area (Å²) in [4.78, 5) is 0. The van der Waals surface area contributed by atoms with Gasteiger partial charge in [-0.2, -0.15) is 5.01 Å². The second-order valence-corrected chi connectivity index (χ2v) is 7.74. The third-order valence-corrected chi connectivity index (χ3v) is 6.00. The lowest BCUT2D eigenvalue weighted by molar-refractivity contribution is -0.0344. The molecule has 0 saturated carbocycles. The summed E-state index contributed by atoms with van der Waals surface area (Å²) in [5.41, 5.74) is 7.56. The lowest BCUT2D eigenvalue weighted by Crippen LogP contribution is -2.43. The largest absolute Gasteiger partial charge is 0.497 e. The van der Waals surface area contributed by atoms with Gasteiger partial charge in [0.2, 0.25) is 0 Å². The molecule has 2 heterocycles. The van der Waals surface area contributed by atoms with E-state index < -0.39 is 6.23 Å². The normalized spacial score (nSPS) is 18.8. The molecule has 1 N–H and O–H groups in total. The van der Waals surface area contributed by atoms with Crippen molar-refractivity contribution >= 4 is 5.70 Å². The summed E-state index contributed by atoms with van der Waals surface area (Å²) >= 11 is 0. The van der Waals surface area contributed by atoms with Crippen LogP contribution in [0.2, 0.25) is 0 Å². The van der Waals surface area contributed by atoms with Crippen molar-refractivity contribution in [1.82, 2.24) is 10.4 Å². The van der Waals surface area contributed by atoms with Gasteiger partial charge < -0.3 is 29.1 Å². The third-order valence-electron chi connectivity index (χ3n) is 6.00. The van der Waals surface area contributed by atoms with Crippen molar-refractivity contribution in [2.75, 3.05) is 28.4 Å². The molecule has 0 fully saturated rings. The van der Waals surface area contributed by atoms with Crippen molar-refractivity contribution in [2.45, 2.75) is 12.3 Å². The summed E-state index contributed by atoms with van der Waals surface area (Å²) in [7, 11) is 6.57. The smallest absolute Gasteiger partial charge is 0.196 e. The number of rotatable bonds is 6. The average molecular weight is 447 g/mol. The monoisotopic (exact) mass is 446 g/mol. The zero-order chi connectivity index (χ0) is 22.9. The molecule has 0 amide bonds. The molecular formula is C26H26N2O5. The van der Waals surface area contributed by atoms with Crippen LogP contribution in [0, 0.1) is 0 Å². The Morgan fingerprint density at radius 2 is 1.55 bits per heavy atom. The highest BCUT2D eigenvalue weighted by atomic mass is 16.5. The third kappa shape index (κ3) is 3.60. The van der Waals surface area contributed by atoms with Gasteiger partial charge in [0.15, 0.2) is 29.2 Å². The average Bonchev–Trinajstić information content (AvgIpc) is 3.33. The maximum absolute atomic E-state index is 6.54. The zero-order valence-corrected chi connectivity index (χ0v) is 19.0. The second kappa shape index (κ2) is 8.60. The molecular weight excluding hydrogens is 420 g/mol. The molecule has 7 heteroatoms. The van der Waals surface area contributed by atoms with Gasteiger partial charge in [-0.3, -0.25) is 0 Å². The van der Waals surface area contributed by atoms with Crippen molar-refractivity contribution in [3.63, 3.8) is 0 Å². The number of hydrogen-bond acceptors (Lipinski definition) is 7. The first kappa shape index (κ1) is 21.0. The Morgan fingerprint density at radius 3 is 2.24 bits per heavy atom. The highest BCUT2D eigenvalue weighted by Gasteiger charge is 2.41. The number of methoxy groups -OCH3 is 4. The van der Waals surface area contributed by atoms with E-state index in [-0.39, 0.29) is 6.04 Å². The predicted molar refractivity (Wildman–Crippen MR) is 125 cm³/mol. The first-order valence-corrected chi connectivity index (χ1v) is 10.6. The minimum absolute atomic E-state index is 0.0564.